The van der Waals surface area contributed by atoms with Gasteiger partial charge in [0.2, 0.25) is 10.0 Å². The van der Waals surface area contributed by atoms with E-state index in [2.05, 4.69) is 10.0 Å². The first-order valence-corrected chi connectivity index (χ1v) is 9.58. The van der Waals surface area contributed by atoms with Gasteiger partial charge in [0.15, 0.2) is 0 Å². The lowest BCUT2D eigenvalue weighted by Crippen LogP contribution is -2.38. The maximum atomic E-state index is 12.4. The van der Waals surface area contributed by atoms with Crippen molar-refractivity contribution in [2.75, 3.05) is 7.05 Å². The van der Waals surface area contributed by atoms with Crippen molar-refractivity contribution in [2.24, 2.45) is 5.92 Å². The quantitative estimate of drug-likeness (QED) is 0.848. The van der Waals surface area contributed by atoms with Crippen molar-refractivity contribution in [1.29, 1.82) is 0 Å². The van der Waals surface area contributed by atoms with Gasteiger partial charge >= 0.3 is 0 Å². The second-order valence-corrected chi connectivity index (χ2v) is 8.67. The molecule has 0 aromatic carbocycles. The smallest absolute Gasteiger partial charge is 0.250 e. The Morgan fingerprint density at radius 2 is 2.00 bits per heavy atom. The zero-order chi connectivity index (χ0) is 14.6. The summed E-state index contributed by atoms with van der Waals surface area (Å²) in [5, 5.41) is 3.04. The highest BCUT2D eigenvalue weighted by atomic mass is 32.2. The lowest BCUT2D eigenvalue weighted by Gasteiger charge is -2.27. The van der Waals surface area contributed by atoms with Crippen molar-refractivity contribution in [3.8, 4) is 0 Å². The lowest BCUT2D eigenvalue weighted by molar-refractivity contribution is 0.303. The molecule has 1 aromatic heterocycles. The van der Waals surface area contributed by atoms with Crippen molar-refractivity contribution >= 4 is 21.4 Å². The first kappa shape index (κ1) is 15.9. The minimum Gasteiger partial charge on any atom is -0.315 e. The number of nitrogens with one attached hydrogen (secondary N) is 2. The maximum Gasteiger partial charge on any atom is 0.250 e. The molecule has 1 fully saturated rings. The molecule has 1 aliphatic rings. The van der Waals surface area contributed by atoms with Crippen LogP contribution in [0, 0.1) is 5.92 Å². The molecule has 4 nitrogen and oxygen atoms in total. The van der Waals surface area contributed by atoms with E-state index in [4.69, 9.17) is 0 Å². The summed E-state index contributed by atoms with van der Waals surface area (Å²) >= 11 is 1.34. The van der Waals surface area contributed by atoms with E-state index in [0.29, 0.717) is 16.7 Å². The molecule has 1 aromatic rings. The van der Waals surface area contributed by atoms with E-state index >= 15 is 0 Å². The van der Waals surface area contributed by atoms with Gasteiger partial charge < -0.3 is 5.32 Å². The average Bonchev–Trinajstić information content (AvgIpc) is 2.89. The zero-order valence-corrected chi connectivity index (χ0v) is 13.8. The summed E-state index contributed by atoms with van der Waals surface area (Å²) in [6.45, 7) is 2.70. The fraction of sp³-hybridized carbons (Fsp3) is 0.714. The van der Waals surface area contributed by atoms with Gasteiger partial charge in [0, 0.05) is 17.5 Å². The number of hydrogen-bond donors (Lipinski definition) is 2. The van der Waals surface area contributed by atoms with Crippen LogP contribution in [0.3, 0.4) is 0 Å². The summed E-state index contributed by atoms with van der Waals surface area (Å²) < 4.78 is 28.0. The zero-order valence-electron chi connectivity index (χ0n) is 12.2. The lowest BCUT2D eigenvalue weighted by atomic mass is 9.85. The molecule has 1 aliphatic carbocycles. The van der Waals surface area contributed by atoms with Crippen LogP contribution in [0.25, 0.3) is 0 Å². The summed E-state index contributed by atoms with van der Waals surface area (Å²) in [4.78, 5) is 1.04. The Balaban J connectivity index is 2.01. The van der Waals surface area contributed by atoms with E-state index in [1.54, 1.807) is 6.07 Å². The van der Waals surface area contributed by atoms with Gasteiger partial charge in [-0.3, -0.25) is 0 Å². The largest absolute Gasteiger partial charge is 0.315 e. The second kappa shape index (κ2) is 7.02. The first-order valence-electron chi connectivity index (χ1n) is 7.28. The third-order valence-corrected chi connectivity index (χ3v) is 7.09. The number of thiophene rings is 1. The molecule has 1 heterocycles. The molecule has 2 rings (SSSR count). The van der Waals surface area contributed by atoms with Gasteiger partial charge in [-0.1, -0.05) is 19.3 Å². The SMILES string of the molecule is CNCc1ccc(S(=O)(=O)NC(C)C2CCCCC2)s1. The van der Waals surface area contributed by atoms with Crippen molar-refractivity contribution in [1.82, 2.24) is 10.0 Å². The van der Waals surface area contributed by atoms with Crippen molar-refractivity contribution in [3.05, 3.63) is 17.0 Å². The van der Waals surface area contributed by atoms with Gasteiger partial charge in [0.05, 0.1) is 0 Å². The van der Waals surface area contributed by atoms with Crippen LogP contribution >= 0.6 is 11.3 Å². The van der Waals surface area contributed by atoms with Crippen LogP contribution in [0.4, 0.5) is 0 Å². The number of hydrogen-bond acceptors (Lipinski definition) is 4. The van der Waals surface area contributed by atoms with Gasteiger partial charge in [-0.15, -0.1) is 11.3 Å². The van der Waals surface area contributed by atoms with Gasteiger partial charge in [-0.05, 0) is 44.9 Å². The molecule has 1 atom stereocenters. The summed E-state index contributed by atoms with van der Waals surface area (Å²) in [5.41, 5.74) is 0. The topological polar surface area (TPSA) is 58.2 Å². The molecular weight excluding hydrogens is 292 g/mol. The monoisotopic (exact) mass is 316 g/mol. The van der Waals surface area contributed by atoms with Crippen LogP contribution < -0.4 is 10.0 Å². The standard InChI is InChI=1S/C14H24N2O2S2/c1-11(12-6-4-3-5-7-12)16-20(17,18)14-9-8-13(19-14)10-15-2/h8-9,11-12,15-16H,3-7,10H2,1-2H3. The summed E-state index contributed by atoms with van der Waals surface area (Å²) in [7, 11) is -1.51. The van der Waals surface area contributed by atoms with Gasteiger partial charge in [0.25, 0.3) is 0 Å². The Morgan fingerprint density at radius 1 is 1.30 bits per heavy atom. The second-order valence-electron chi connectivity index (χ2n) is 5.56. The molecule has 0 aliphatic heterocycles. The molecule has 6 heteroatoms. The van der Waals surface area contributed by atoms with Crippen LogP contribution in [-0.2, 0) is 16.6 Å². The molecule has 20 heavy (non-hydrogen) atoms. The highest BCUT2D eigenvalue weighted by molar-refractivity contribution is 7.91. The van der Waals surface area contributed by atoms with Crippen LogP contribution in [0.2, 0.25) is 0 Å². The molecule has 114 valence electrons. The molecule has 0 spiro atoms. The van der Waals surface area contributed by atoms with Crippen molar-refractivity contribution in [3.63, 3.8) is 0 Å². The summed E-state index contributed by atoms with van der Waals surface area (Å²) in [6.07, 6.45) is 6.01. The molecule has 0 saturated heterocycles. The minimum atomic E-state index is -3.37. The highest BCUT2D eigenvalue weighted by Gasteiger charge is 2.25. The van der Waals surface area contributed by atoms with Gasteiger partial charge in [-0.2, -0.15) is 0 Å². The third-order valence-electron chi connectivity index (χ3n) is 3.95. The molecule has 0 radical (unpaired) electrons. The predicted molar refractivity (Wildman–Crippen MR) is 83.4 cm³/mol. The Morgan fingerprint density at radius 3 is 2.65 bits per heavy atom. The van der Waals surface area contributed by atoms with E-state index in [0.717, 1.165) is 17.7 Å². The first-order chi connectivity index (χ1) is 9.53. The molecule has 2 N–H and O–H groups in total. The van der Waals surface area contributed by atoms with Gasteiger partial charge in [-0.25, -0.2) is 13.1 Å². The molecule has 1 unspecified atom stereocenters. The highest BCUT2D eigenvalue weighted by Crippen LogP contribution is 2.28. The van der Waals surface area contributed by atoms with Crippen LogP contribution in [0.5, 0.6) is 0 Å². The summed E-state index contributed by atoms with van der Waals surface area (Å²) in [6, 6.07) is 3.60. The number of sulfonamides is 1. The molecule has 0 amide bonds. The number of rotatable bonds is 6. The Hall–Kier alpha value is -0.430. The molecule has 1 saturated carbocycles. The van der Waals surface area contributed by atoms with Crippen molar-refractivity contribution < 1.29 is 8.42 Å². The Labute approximate surface area is 126 Å². The van der Waals surface area contributed by atoms with Crippen LogP contribution in [0.15, 0.2) is 16.3 Å². The van der Waals surface area contributed by atoms with Crippen LogP contribution in [-0.4, -0.2) is 21.5 Å². The van der Waals surface area contributed by atoms with E-state index in [1.165, 1.54) is 30.6 Å². The van der Waals surface area contributed by atoms with Crippen molar-refractivity contribution in [2.45, 2.75) is 55.8 Å². The summed E-state index contributed by atoms with van der Waals surface area (Å²) in [5.74, 6) is 0.482. The van der Waals surface area contributed by atoms with Crippen LogP contribution in [0.1, 0.15) is 43.9 Å². The average molecular weight is 316 g/mol. The predicted octanol–water partition coefficient (Wildman–Crippen LogP) is 2.71. The van der Waals surface area contributed by atoms with E-state index in [9.17, 15) is 8.42 Å². The normalized spacial score (nSPS) is 19.1. The minimum absolute atomic E-state index is 0.0233. The fourth-order valence-corrected chi connectivity index (χ4v) is 5.50. The van der Waals surface area contributed by atoms with E-state index in [1.807, 2.05) is 20.0 Å². The van der Waals surface area contributed by atoms with Gasteiger partial charge in [0.1, 0.15) is 4.21 Å². The third kappa shape index (κ3) is 4.04. The molecular formula is C14H24N2O2S2. The Kier molecular flexibility index (Phi) is 5.60. The van der Waals surface area contributed by atoms with E-state index in [-0.39, 0.29) is 6.04 Å². The Bertz CT molecular complexity index is 519. The fourth-order valence-electron chi connectivity index (χ4n) is 2.81. The van der Waals surface area contributed by atoms with E-state index < -0.39 is 10.0 Å². The molecule has 0 bridgehead atoms. The maximum absolute atomic E-state index is 12.4.